The lowest BCUT2D eigenvalue weighted by molar-refractivity contribution is 0.1000. The van der Waals surface area contributed by atoms with Crippen LogP contribution in [-0.2, 0) is 0 Å². The maximum Gasteiger partial charge on any atom is 0.250 e. The van der Waals surface area contributed by atoms with Crippen molar-refractivity contribution in [2.24, 2.45) is 11.5 Å². The van der Waals surface area contributed by atoms with Crippen molar-refractivity contribution in [1.29, 1.82) is 0 Å². The summed E-state index contributed by atoms with van der Waals surface area (Å²) in [6.45, 7) is 19.6. The van der Waals surface area contributed by atoms with Crippen LogP contribution in [0.2, 0.25) is 0 Å². The van der Waals surface area contributed by atoms with E-state index in [0.29, 0.717) is 11.3 Å². The molecule has 2 rings (SSSR count). The monoisotopic (exact) mass is 362 g/mol. The molecule has 5 nitrogen and oxygen atoms in total. The van der Waals surface area contributed by atoms with Crippen molar-refractivity contribution >= 4 is 11.6 Å². The third-order valence-corrected chi connectivity index (χ3v) is 2.00. The van der Waals surface area contributed by atoms with Crippen LogP contribution in [0.5, 0.6) is 0 Å². The zero-order valence-electron chi connectivity index (χ0n) is 17.8. The first-order chi connectivity index (χ1) is 12.6. The summed E-state index contributed by atoms with van der Waals surface area (Å²) >= 11 is 0. The molecule has 0 saturated carbocycles. The molecule has 148 valence electrons. The van der Waals surface area contributed by atoms with E-state index >= 15 is 0 Å². The minimum atomic E-state index is -0.442. The maximum absolute atomic E-state index is 10.4. The molecule has 0 saturated heterocycles. The van der Waals surface area contributed by atoms with Crippen LogP contribution in [-0.4, -0.2) is 15.9 Å². The minimum Gasteiger partial charge on any atom is -0.399 e. The number of nitrogens with zero attached hydrogens (tertiary/aromatic N) is 2. The van der Waals surface area contributed by atoms with Crippen LogP contribution in [0, 0.1) is 0 Å². The average molecular weight is 363 g/mol. The highest BCUT2D eigenvalue weighted by atomic mass is 16.1. The molecule has 0 radical (unpaired) electrons. The first kappa shape index (κ1) is 31.1. The smallest absolute Gasteiger partial charge is 0.250 e. The highest BCUT2D eigenvalue weighted by Crippen LogP contribution is 2.01. The number of nitrogens with two attached hydrogens (primary N) is 2. The van der Waals surface area contributed by atoms with E-state index in [4.69, 9.17) is 11.5 Å². The highest BCUT2D eigenvalue weighted by molar-refractivity contribution is 5.92. The summed E-state index contributed by atoms with van der Waals surface area (Å²) in [6.07, 6.45) is 6.40. The summed E-state index contributed by atoms with van der Waals surface area (Å²) in [5, 5.41) is 0. The Morgan fingerprint density at radius 1 is 0.769 bits per heavy atom. The lowest BCUT2D eigenvalue weighted by Gasteiger charge is -1.94. The lowest BCUT2D eigenvalue weighted by Crippen LogP contribution is -2.10. The van der Waals surface area contributed by atoms with Gasteiger partial charge >= 0.3 is 0 Å². The third-order valence-electron chi connectivity index (χ3n) is 2.00. The Labute approximate surface area is 160 Å². The van der Waals surface area contributed by atoms with E-state index in [0.717, 1.165) is 5.56 Å². The fraction of sp³-hybridized carbons (Fsp3) is 0.381. The van der Waals surface area contributed by atoms with Gasteiger partial charge in [0.15, 0.2) is 0 Å². The highest BCUT2D eigenvalue weighted by Gasteiger charge is 1.94. The number of aromatic nitrogens is 2. The second-order valence-electron chi connectivity index (χ2n) is 3.37. The molecule has 0 bridgehead atoms. The van der Waals surface area contributed by atoms with Crippen molar-refractivity contribution in [2.45, 2.75) is 55.4 Å². The Balaban J connectivity index is -0.000000135. The fourth-order valence-corrected chi connectivity index (χ4v) is 1.07. The van der Waals surface area contributed by atoms with Gasteiger partial charge in [0.2, 0.25) is 5.91 Å². The van der Waals surface area contributed by atoms with Gasteiger partial charge in [0.1, 0.15) is 0 Å². The van der Waals surface area contributed by atoms with Crippen molar-refractivity contribution < 1.29 is 4.79 Å². The summed E-state index contributed by atoms with van der Waals surface area (Å²) in [7, 11) is 0. The second kappa shape index (κ2) is 27.2. The van der Waals surface area contributed by atoms with Gasteiger partial charge in [-0.05, 0) is 29.8 Å². The molecule has 0 aliphatic carbocycles. The number of primary amides is 1. The first-order valence-electron chi connectivity index (χ1n) is 9.16. The zero-order chi connectivity index (χ0) is 21.4. The van der Waals surface area contributed by atoms with Crippen molar-refractivity contribution in [2.75, 3.05) is 0 Å². The number of carbonyl (C=O) groups is 1. The lowest BCUT2D eigenvalue weighted by atomic mass is 10.2. The van der Waals surface area contributed by atoms with Crippen molar-refractivity contribution in [3.63, 3.8) is 0 Å². The van der Waals surface area contributed by atoms with Gasteiger partial charge in [-0.1, -0.05) is 62.0 Å². The molecular formula is C21H38N4O. The van der Waals surface area contributed by atoms with Crippen LogP contribution in [0.25, 0.3) is 5.70 Å². The predicted octanol–water partition coefficient (Wildman–Crippen LogP) is 5.30. The summed E-state index contributed by atoms with van der Waals surface area (Å²) in [5.74, 6) is -0.442. The van der Waals surface area contributed by atoms with E-state index in [1.165, 1.54) is 6.20 Å². The zero-order valence-corrected chi connectivity index (χ0v) is 17.8. The molecule has 2 heterocycles. The van der Waals surface area contributed by atoms with Crippen molar-refractivity contribution in [3.05, 3.63) is 66.8 Å². The molecule has 2 aromatic heterocycles. The molecule has 0 aromatic carbocycles. The summed E-state index contributed by atoms with van der Waals surface area (Å²) in [4.78, 5) is 17.9. The molecule has 0 spiro atoms. The second-order valence-corrected chi connectivity index (χ2v) is 3.37. The van der Waals surface area contributed by atoms with Gasteiger partial charge in [-0.2, -0.15) is 0 Å². The number of amides is 1. The first-order valence-corrected chi connectivity index (χ1v) is 9.16. The summed E-state index contributed by atoms with van der Waals surface area (Å²) in [5.41, 5.74) is 12.3. The van der Waals surface area contributed by atoms with Crippen LogP contribution in [0.15, 0.2) is 55.6 Å². The predicted molar refractivity (Wildman–Crippen MR) is 116 cm³/mol. The Kier molecular flexibility index (Phi) is 32.5. The van der Waals surface area contributed by atoms with E-state index in [-0.39, 0.29) is 0 Å². The fourth-order valence-electron chi connectivity index (χ4n) is 1.07. The quantitative estimate of drug-likeness (QED) is 0.758. The van der Waals surface area contributed by atoms with Crippen molar-refractivity contribution in [1.82, 2.24) is 9.97 Å². The van der Waals surface area contributed by atoms with Gasteiger partial charge in [0.05, 0.1) is 5.56 Å². The standard InChI is InChI=1S/C7H8N2.C6H6N2O.4C2H6/c1-6(8)7-2-4-9-5-3-7;7-6(9)5-2-1-3-8-4-5;4*1-2/h2-5H,1,8H2;1-4H,(H2,7,9);4*1-2H3. The van der Waals surface area contributed by atoms with Gasteiger partial charge in [0.25, 0.3) is 0 Å². The minimum absolute atomic E-state index is 0.442. The maximum atomic E-state index is 10.4. The number of hydrogen-bond donors (Lipinski definition) is 2. The Hall–Kier alpha value is -2.69. The van der Waals surface area contributed by atoms with Gasteiger partial charge in [-0.25, -0.2) is 0 Å². The molecule has 5 heteroatoms. The van der Waals surface area contributed by atoms with Gasteiger partial charge in [0, 0.05) is 30.5 Å². The normalized spacial score (nSPS) is 7.08. The molecule has 2 aromatic rings. The summed E-state index contributed by atoms with van der Waals surface area (Å²) in [6, 6.07) is 6.93. The molecule has 26 heavy (non-hydrogen) atoms. The Morgan fingerprint density at radius 3 is 1.46 bits per heavy atom. The van der Waals surface area contributed by atoms with Crippen LogP contribution < -0.4 is 11.5 Å². The Morgan fingerprint density at radius 2 is 1.23 bits per heavy atom. The number of hydrogen-bond acceptors (Lipinski definition) is 4. The topological polar surface area (TPSA) is 94.9 Å². The van der Waals surface area contributed by atoms with E-state index in [2.05, 4.69) is 16.5 Å². The average Bonchev–Trinajstić information content (AvgIpc) is 2.75. The van der Waals surface area contributed by atoms with E-state index in [9.17, 15) is 4.79 Å². The van der Waals surface area contributed by atoms with Crippen molar-refractivity contribution in [3.8, 4) is 0 Å². The van der Waals surface area contributed by atoms with Crippen LogP contribution in [0.4, 0.5) is 0 Å². The van der Waals surface area contributed by atoms with E-state index in [1.807, 2.05) is 67.5 Å². The number of carbonyl (C=O) groups excluding carboxylic acids is 1. The Bertz CT molecular complexity index is 465. The molecule has 0 fully saturated rings. The molecule has 0 atom stereocenters. The number of rotatable bonds is 2. The van der Waals surface area contributed by atoms with E-state index < -0.39 is 5.91 Å². The SMILES string of the molecule is C=C(N)c1ccncc1.CC.CC.CC.CC.NC(=O)c1cccnc1. The molecule has 1 amide bonds. The molecular weight excluding hydrogens is 324 g/mol. The molecule has 4 N–H and O–H groups in total. The molecule has 0 unspecified atom stereocenters. The van der Waals surface area contributed by atoms with Gasteiger partial charge in [-0.15, -0.1) is 0 Å². The molecule has 0 aliphatic rings. The van der Waals surface area contributed by atoms with Crippen LogP contribution in [0.1, 0.15) is 71.3 Å². The molecule has 0 aliphatic heterocycles. The van der Waals surface area contributed by atoms with Gasteiger partial charge in [-0.3, -0.25) is 14.8 Å². The largest absolute Gasteiger partial charge is 0.399 e. The third kappa shape index (κ3) is 19.4. The summed E-state index contributed by atoms with van der Waals surface area (Å²) < 4.78 is 0. The van der Waals surface area contributed by atoms with Crippen LogP contribution in [0.3, 0.4) is 0 Å². The van der Waals surface area contributed by atoms with Crippen LogP contribution >= 0.6 is 0 Å². The van der Waals surface area contributed by atoms with Gasteiger partial charge < -0.3 is 11.5 Å². The van der Waals surface area contributed by atoms with E-state index in [1.54, 1.807) is 30.7 Å². The number of pyridine rings is 2.